The van der Waals surface area contributed by atoms with E-state index in [1.54, 1.807) is 27.7 Å². The lowest BCUT2D eigenvalue weighted by molar-refractivity contribution is -0.160. The van der Waals surface area contributed by atoms with Gasteiger partial charge in [0.05, 0.1) is 30.8 Å². The van der Waals surface area contributed by atoms with Gasteiger partial charge in [0.2, 0.25) is 0 Å². The summed E-state index contributed by atoms with van der Waals surface area (Å²) in [5, 5.41) is 9.90. The summed E-state index contributed by atoms with van der Waals surface area (Å²) in [5.74, 6) is -0.544. The smallest absolute Gasteiger partial charge is 0.462 e. The second-order valence-electron chi connectivity index (χ2n) is 8.82. The van der Waals surface area contributed by atoms with Gasteiger partial charge in [0.25, 0.3) is 5.56 Å². The monoisotopic (exact) mass is 471 g/mol. The summed E-state index contributed by atoms with van der Waals surface area (Å²) in [7, 11) is -4.17. The second-order valence-corrected chi connectivity index (χ2v) is 10.4. The average molecular weight is 471 g/mol. The molecule has 3 heterocycles. The number of nitrogens with one attached hydrogen (secondary N) is 1. The molecule has 0 aliphatic carbocycles. The van der Waals surface area contributed by atoms with Gasteiger partial charge in [0, 0.05) is 12.3 Å². The molecule has 0 unspecified atom stereocenters. The second kappa shape index (κ2) is 8.57. The molecule has 0 radical (unpaired) electrons. The molecule has 13 heteroatoms. The molecule has 1 aromatic heterocycles. The van der Waals surface area contributed by atoms with Crippen molar-refractivity contribution >= 4 is 13.8 Å². The van der Waals surface area contributed by atoms with E-state index in [4.69, 9.17) is 23.0 Å². The zero-order valence-corrected chi connectivity index (χ0v) is 19.3. The maximum absolute atomic E-state index is 13.1. The number of carbonyl (C=O) groups excluding carboxylic acids is 1. The quantitative estimate of drug-likeness (QED) is 0.476. The number of esters is 1. The van der Waals surface area contributed by atoms with Crippen molar-refractivity contribution in [2.75, 3.05) is 13.2 Å². The zero-order chi connectivity index (χ0) is 23.9. The maximum atomic E-state index is 13.1. The van der Waals surface area contributed by atoms with E-state index in [1.165, 1.54) is 13.1 Å². The van der Waals surface area contributed by atoms with Gasteiger partial charge in [0.15, 0.2) is 6.23 Å². The molecule has 1 aromatic rings. The summed E-state index contributed by atoms with van der Waals surface area (Å²) in [6, 6.07) is 3.19. The van der Waals surface area contributed by atoms with Crippen molar-refractivity contribution in [2.45, 2.75) is 59.2 Å². The molecule has 32 heavy (non-hydrogen) atoms. The third kappa shape index (κ3) is 4.58. The first-order chi connectivity index (χ1) is 14.8. The van der Waals surface area contributed by atoms with Crippen molar-refractivity contribution in [3.05, 3.63) is 33.1 Å². The molecule has 0 amide bonds. The molecular weight excluding hydrogens is 445 g/mol. The van der Waals surface area contributed by atoms with E-state index >= 15 is 0 Å². The number of rotatable bonds is 6. The van der Waals surface area contributed by atoms with Crippen LogP contribution in [-0.4, -0.2) is 47.0 Å². The van der Waals surface area contributed by atoms with E-state index in [0.29, 0.717) is 0 Å². The van der Waals surface area contributed by atoms with Gasteiger partial charge < -0.3 is 9.47 Å². The van der Waals surface area contributed by atoms with Crippen LogP contribution in [0.4, 0.5) is 0 Å². The summed E-state index contributed by atoms with van der Waals surface area (Å²) < 4.78 is 41.5. The van der Waals surface area contributed by atoms with Crippen LogP contribution in [0.1, 0.15) is 40.8 Å². The average Bonchev–Trinajstić information content (AvgIpc) is 2.98. The Morgan fingerprint density at radius 2 is 2.16 bits per heavy atom. The number of nitrogens with zero attached hydrogens (tertiary/aromatic N) is 2. The summed E-state index contributed by atoms with van der Waals surface area (Å²) in [6.07, 6.45) is -2.16. The highest BCUT2D eigenvalue weighted by molar-refractivity contribution is 7.48. The van der Waals surface area contributed by atoms with Crippen molar-refractivity contribution in [1.82, 2.24) is 9.55 Å². The number of ether oxygens (including phenoxy) is 2. The number of phosphoric ester groups is 1. The van der Waals surface area contributed by atoms with Crippen LogP contribution in [0.2, 0.25) is 0 Å². The Morgan fingerprint density at radius 3 is 2.75 bits per heavy atom. The number of phosphoric acid groups is 1. The van der Waals surface area contributed by atoms with E-state index in [2.05, 4.69) is 11.1 Å². The van der Waals surface area contributed by atoms with Gasteiger partial charge >= 0.3 is 19.5 Å². The van der Waals surface area contributed by atoms with Crippen LogP contribution in [0.3, 0.4) is 0 Å². The Kier molecular flexibility index (Phi) is 6.52. The first kappa shape index (κ1) is 24.4. The molecule has 2 aliphatic rings. The molecule has 0 bridgehead atoms. The number of carbonyl (C=O) groups is 1. The van der Waals surface area contributed by atoms with Crippen LogP contribution in [0.25, 0.3) is 0 Å². The highest BCUT2D eigenvalue weighted by Gasteiger charge is 2.61. The highest BCUT2D eigenvalue weighted by Crippen LogP contribution is 2.61. The Morgan fingerprint density at radius 1 is 1.47 bits per heavy atom. The van der Waals surface area contributed by atoms with Gasteiger partial charge in [-0.2, -0.15) is 5.26 Å². The fraction of sp³-hybridized carbons (Fsp3) is 0.684. The Labute approximate surface area is 184 Å². The molecule has 12 nitrogen and oxygen atoms in total. The minimum Gasteiger partial charge on any atom is -0.462 e. The third-order valence-electron chi connectivity index (χ3n) is 5.21. The normalized spacial score (nSPS) is 32.3. The fourth-order valence-corrected chi connectivity index (χ4v) is 5.01. The zero-order valence-electron chi connectivity index (χ0n) is 18.4. The van der Waals surface area contributed by atoms with E-state index < -0.39 is 54.3 Å². The van der Waals surface area contributed by atoms with Crippen LogP contribution in [0.15, 0.2) is 21.9 Å². The number of hydrogen-bond acceptors (Lipinski definition) is 10. The molecular formula is C19H26N3O9P. The van der Waals surface area contributed by atoms with Crippen molar-refractivity contribution in [2.24, 2.45) is 10.8 Å². The molecule has 2 fully saturated rings. The largest absolute Gasteiger partial charge is 0.475 e. The van der Waals surface area contributed by atoms with Crippen LogP contribution >= 0.6 is 7.82 Å². The SMILES string of the molecule is CC(C)OC(=O)C(C)(C)CO[P@]1(=O)OC[C@H]2O[C@@H](n3ccc(=O)[nH]c3=O)[C@](C)(C#N)[C@@H]2O1. The topological polar surface area (TPSA) is 159 Å². The summed E-state index contributed by atoms with van der Waals surface area (Å²) in [5.41, 5.74) is -3.98. The van der Waals surface area contributed by atoms with Crippen molar-refractivity contribution in [3.8, 4) is 6.07 Å². The van der Waals surface area contributed by atoms with Gasteiger partial charge in [-0.15, -0.1) is 0 Å². The van der Waals surface area contributed by atoms with E-state index in [9.17, 15) is 24.2 Å². The maximum Gasteiger partial charge on any atom is 0.475 e. The Balaban J connectivity index is 1.80. The number of nitriles is 1. The first-order valence-corrected chi connectivity index (χ1v) is 11.4. The van der Waals surface area contributed by atoms with Crippen molar-refractivity contribution in [1.29, 1.82) is 5.26 Å². The van der Waals surface area contributed by atoms with Crippen molar-refractivity contribution < 1.29 is 32.4 Å². The first-order valence-electron chi connectivity index (χ1n) is 9.98. The van der Waals surface area contributed by atoms with Gasteiger partial charge in [-0.25, -0.2) is 9.36 Å². The molecule has 5 atom stereocenters. The molecule has 1 N–H and O–H groups in total. The van der Waals surface area contributed by atoms with Crippen molar-refractivity contribution in [3.63, 3.8) is 0 Å². The van der Waals surface area contributed by atoms with E-state index in [0.717, 1.165) is 10.6 Å². The molecule has 2 saturated heterocycles. The number of H-pyrrole nitrogens is 1. The molecule has 0 saturated carbocycles. The minimum absolute atomic E-state index is 0.231. The number of aromatic nitrogens is 2. The fourth-order valence-electron chi connectivity index (χ4n) is 3.37. The lowest BCUT2D eigenvalue weighted by Crippen LogP contribution is -2.44. The molecule has 2 aliphatic heterocycles. The van der Waals surface area contributed by atoms with Gasteiger partial charge in [0.1, 0.15) is 17.6 Å². The number of fused-ring (bicyclic) bond motifs is 1. The van der Waals surface area contributed by atoms with Gasteiger partial charge in [-0.05, 0) is 34.6 Å². The Hall–Kier alpha value is -2.29. The lowest BCUT2D eigenvalue weighted by Gasteiger charge is -2.35. The molecule has 3 rings (SSSR count). The van der Waals surface area contributed by atoms with E-state index in [1.807, 2.05) is 0 Å². The summed E-state index contributed by atoms with van der Waals surface area (Å²) >= 11 is 0. The number of hydrogen-bond donors (Lipinski definition) is 1. The lowest BCUT2D eigenvalue weighted by atomic mass is 9.84. The molecule has 0 aromatic carbocycles. The number of aromatic amines is 1. The van der Waals surface area contributed by atoms with Crippen LogP contribution in [0, 0.1) is 22.2 Å². The van der Waals surface area contributed by atoms with Crippen LogP contribution in [0.5, 0.6) is 0 Å². The summed E-state index contributed by atoms with van der Waals surface area (Å²) in [4.78, 5) is 38.0. The predicted molar refractivity (Wildman–Crippen MR) is 108 cm³/mol. The standard InChI is InChI=1S/C19H26N3O9P/c1-11(2)29-16(24)18(3,4)10-28-32(26)27-8-12-14(31-32)19(5,9-20)15(30-12)22-7-6-13(23)21-17(22)25/h6-7,11-12,14-15H,8,10H2,1-5H3,(H,21,23,25)/t12-,14-,15-,19-,32+/m1/s1. The van der Waals surface area contributed by atoms with Crippen LogP contribution in [-0.2, 0) is 32.4 Å². The predicted octanol–water partition coefficient (Wildman–Crippen LogP) is 1.48. The van der Waals surface area contributed by atoms with Gasteiger partial charge in [-0.1, -0.05) is 0 Å². The third-order valence-corrected chi connectivity index (χ3v) is 6.60. The minimum atomic E-state index is -4.17. The molecule has 176 valence electrons. The van der Waals surface area contributed by atoms with Crippen LogP contribution < -0.4 is 11.2 Å². The summed E-state index contributed by atoms with van der Waals surface area (Å²) in [6.45, 7) is 7.47. The highest BCUT2D eigenvalue weighted by atomic mass is 31.2. The van der Waals surface area contributed by atoms with E-state index in [-0.39, 0.29) is 19.3 Å². The van der Waals surface area contributed by atoms with Gasteiger partial charge in [-0.3, -0.25) is 32.7 Å². The molecule has 0 spiro atoms. The Bertz CT molecular complexity index is 1090.